The van der Waals surface area contributed by atoms with E-state index >= 15 is 0 Å². The minimum absolute atomic E-state index is 0.0616. The fourth-order valence-electron chi connectivity index (χ4n) is 1.91. The second kappa shape index (κ2) is 6.53. The summed E-state index contributed by atoms with van der Waals surface area (Å²) >= 11 is 0. The summed E-state index contributed by atoms with van der Waals surface area (Å²) in [6, 6.07) is 6.20. The molecule has 108 valence electrons. The maximum Gasteiger partial charge on any atom is 0.387 e. The molecule has 0 saturated heterocycles. The summed E-state index contributed by atoms with van der Waals surface area (Å²) in [6.07, 6.45) is 2.35. The fraction of sp³-hybridized carbons (Fsp3) is 0.500. The van der Waals surface area contributed by atoms with Crippen molar-refractivity contribution in [1.29, 1.82) is 5.26 Å². The molecule has 4 nitrogen and oxygen atoms in total. The fourth-order valence-corrected chi connectivity index (χ4v) is 1.91. The Bertz CT molecular complexity index is 498. The van der Waals surface area contributed by atoms with E-state index in [0.717, 1.165) is 6.54 Å². The van der Waals surface area contributed by atoms with Gasteiger partial charge >= 0.3 is 6.61 Å². The predicted octanol–water partition coefficient (Wildman–Crippen LogP) is 2.86. The molecule has 1 aromatic rings. The van der Waals surface area contributed by atoms with Crippen LogP contribution < -0.4 is 14.8 Å². The van der Waals surface area contributed by atoms with E-state index < -0.39 is 12.7 Å². The van der Waals surface area contributed by atoms with E-state index in [0.29, 0.717) is 11.5 Å². The summed E-state index contributed by atoms with van der Waals surface area (Å²) in [7, 11) is 1.38. The summed E-state index contributed by atoms with van der Waals surface area (Å²) in [4.78, 5) is 0. The third kappa shape index (κ3) is 3.81. The van der Waals surface area contributed by atoms with Gasteiger partial charge in [0.1, 0.15) is 6.04 Å². The molecule has 20 heavy (non-hydrogen) atoms. The van der Waals surface area contributed by atoms with Crippen LogP contribution in [0.4, 0.5) is 8.78 Å². The molecule has 0 amide bonds. The van der Waals surface area contributed by atoms with Crippen LogP contribution in [0.15, 0.2) is 18.2 Å². The molecule has 1 aromatic carbocycles. The van der Waals surface area contributed by atoms with Gasteiger partial charge in [-0.25, -0.2) is 0 Å². The molecule has 2 rings (SSSR count). The molecular formula is C14H16F2N2O2. The smallest absolute Gasteiger partial charge is 0.387 e. The van der Waals surface area contributed by atoms with E-state index in [4.69, 9.17) is 4.74 Å². The van der Waals surface area contributed by atoms with Crippen LogP contribution in [-0.2, 0) is 0 Å². The Labute approximate surface area is 116 Å². The van der Waals surface area contributed by atoms with Crippen molar-refractivity contribution >= 4 is 0 Å². The molecule has 0 spiro atoms. The van der Waals surface area contributed by atoms with Crippen LogP contribution in [0.1, 0.15) is 24.4 Å². The summed E-state index contributed by atoms with van der Waals surface area (Å²) in [5.41, 5.74) is 0.588. The molecule has 1 unspecified atom stereocenters. The lowest BCUT2D eigenvalue weighted by Gasteiger charge is -2.15. The van der Waals surface area contributed by atoms with Crippen LogP contribution in [-0.4, -0.2) is 20.3 Å². The van der Waals surface area contributed by atoms with E-state index in [1.807, 2.05) is 0 Å². The molecule has 1 aliphatic rings. The van der Waals surface area contributed by atoms with E-state index in [9.17, 15) is 14.0 Å². The maximum absolute atomic E-state index is 12.4. The Hall–Kier alpha value is -1.87. The molecule has 0 aliphatic heterocycles. The molecule has 1 fully saturated rings. The average Bonchev–Trinajstić information content (AvgIpc) is 3.23. The lowest BCUT2D eigenvalue weighted by molar-refractivity contribution is -0.0512. The van der Waals surface area contributed by atoms with Crippen molar-refractivity contribution in [3.05, 3.63) is 23.8 Å². The summed E-state index contributed by atoms with van der Waals surface area (Å²) in [6.45, 7) is -2.17. The van der Waals surface area contributed by atoms with Crippen LogP contribution in [0.2, 0.25) is 0 Å². The van der Waals surface area contributed by atoms with Gasteiger partial charge in [-0.3, -0.25) is 5.32 Å². The van der Waals surface area contributed by atoms with Crippen molar-refractivity contribution < 1.29 is 18.3 Å². The number of benzene rings is 1. The first kappa shape index (κ1) is 14.5. The molecule has 1 atom stereocenters. The first-order chi connectivity index (χ1) is 9.63. The molecular weight excluding hydrogens is 266 g/mol. The van der Waals surface area contributed by atoms with E-state index in [1.165, 1.54) is 32.1 Å². The SMILES string of the molecule is COc1ccc(C(C#N)NCC2CC2)cc1OC(F)F. The summed E-state index contributed by atoms with van der Waals surface area (Å²) < 4.78 is 34.1. The molecule has 1 aliphatic carbocycles. The molecule has 0 bridgehead atoms. The minimum atomic E-state index is -2.93. The standard InChI is InChI=1S/C14H16F2N2O2/c1-19-12-5-4-10(6-13(12)20-14(15)16)11(7-17)18-8-9-2-3-9/h4-6,9,11,14,18H,2-3,8H2,1H3. The van der Waals surface area contributed by atoms with Gasteiger partial charge in [0.05, 0.1) is 13.2 Å². The molecule has 1 saturated carbocycles. The van der Waals surface area contributed by atoms with Gasteiger partial charge in [0.15, 0.2) is 11.5 Å². The first-order valence-corrected chi connectivity index (χ1v) is 6.39. The number of nitriles is 1. The van der Waals surface area contributed by atoms with Crippen molar-refractivity contribution in [1.82, 2.24) is 5.32 Å². The Balaban J connectivity index is 2.14. The second-order valence-corrected chi connectivity index (χ2v) is 4.70. The minimum Gasteiger partial charge on any atom is -0.493 e. The van der Waals surface area contributed by atoms with Gasteiger partial charge < -0.3 is 9.47 Å². The maximum atomic E-state index is 12.4. The van der Waals surface area contributed by atoms with Crippen LogP contribution >= 0.6 is 0 Å². The molecule has 6 heteroatoms. The summed E-state index contributed by atoms with van der Waals surface area (Å²) in [5.74, 6) is 0.780. The molecule has 0 aromatic heterocycles. The number of nitrogens with zero attached hydrogens (tertiary/aromatic N) is 1. The predicted molar refractivity (Wildman–Crippen MR) is 68.7 cm³/mol. The third-order valence-corrected chi connectivity index (χ3v) is 3.17. The van der Waals surface area contributed by atoms with E-state index in [-0.39, 0.29) is 11.5 Å². The highest BCUT2D eigenvalue weighted by atomic mass is 19.3. The summed E-state index contributed by atoms with van der Waals surface area (Å²) in [5, 5.41) is 12.3. The zero-order chi connectivity index (χ0) is 14.5. The van der Waals surface area contributed by atoms with E-state index in [1.54, 1.807) is 6.07 Å². The van der Waals surface area contributed by atoms with Gasteiger partial charge in [-0.05, 0) is 43.0 Å². The number of halogens is 2. The zero-order valence-electron chi connectivity index (χ0n) is 11.1. The Morgan fingerprint density at radius 3 is 2.70 bits per heavy atom. The number of ether oxygens (including phenoxy) is 2. The number of methoxy groups -OCH3 is 1. The van der Waals surface area contributed by atoms with E-state index in [2.05, 4.69) is 16.1 Å². The Morgan fingerprint density at radius 1 is 1.40 bits per heavy atom. The normalized spacial score (nSPS) is 15.8. The van der Waals surface area contributed by atoms with Crippen LogP contribution in [0, 0.1) is 17.2 Å². The van der Waals surface area contributed by atoms with Crippen LogP contribution in [0.25, 0.3) is 0 Å². The number of nitrogens with one attached hydrogen (secondary N) is 1. The number of hydrogen-bond donors (Lipinski definition) is 1. The van der Waals surface area contributed by atoms with Crippen LogP contribution in [0.5, 0.6) is 11.5 Å². The highest BCUT2D eigenvalue weighted by Crippen LogP contribution is 2.32. The van der Waals surface area contributed by atoms with Crippen molar-refractivity contribution in [2.24, 2.45) is 5.92 Å². The van der Waals surface area contributed by atoms with Gasteiger partial charge in [-0.1, -0.05) is 6.07 Å². The molecule has 1 N–H and O–H groups in total. The van der Waals surface area contributed by atoms with Crippen molar-refractivity contribution in [3.8, 4) is 17.6 Å². The Morgan fingerprint density at radius 2 is 2.15 bits per heavy atom. The highest BCUT2D eigenvalue weighted by Gasteiger charge is 2.23. The van der Waals surface area contributed by atoms with Gasteiger partial charge in [0, 0.05) is 0 Å². The second-order valence-electron chi connectivity index (χ2n) is 4.70. The molecule has 0 radical (unpaired) electrons. The highest BCUT2D eigenvalue weighted by molar-refractivity contribution is 5.44. The number of rotatable bonds is 7. The first-order valence-electron chi connectivity index (χ1n) is 6.39. The largest absolute Gasteiger partial charge is 0.493 e. The average molecular weight is 282 g/mol. The van der Waals surface area contributed by atoms with Crippen molar-refractivity contribution in [2.45, 2.75) is 25.5 Å². The van der Waals surface area contributed by atoms with Crippen molar-refractivity contribution in [2.75, 3.05) is 13.7 Å². The van der Waals surface area contributed by atoms with Gasteiger partial charge in [-0.15, -0.1) is 0 Å². The number of hydrogen-bond acceptors (Lipinski definition) is 4. The third-order valence-electron chi connectivity index (χ3n) is 3.17. The lowest BCUT2D eigenvalue weighted by Crippen LogP contribution is -2.22. The monoisotopic (exact) mass is 282 g/mol. The lowest BCUT2D eigenvalue weighted by atomic mass is 10.1. The van der Waals surface area contributed by atoms with Crippen LogP contribution in [0.3, 0.4) is 0 Å². The molecule has 0 heterocycles. The zero-order valence-corrected chi connectivity index (χ0v) is 11.1. The van der Waals surface area contributed by atoms with Gasteiger partial charge in [0.25, 0.3) is 0 Å². The topological polar surface area (TPSA) is 54.3 Å². The quantitative estimate of drug-likeness (QED) is 0.835. The number of alkyl halides is 2. The van der Waals surface area contributed by atoms with Gasteiger partial charge in [-0.2, -0.15) is 14.0 Å². The van der Waals surface area contributed by atoms with Gasteiger partial charge in [0.2, 0.25) is 0 Å². The Kier molecular flexibility index (Phi) is 4.74. The van der Waals surface area contributed by atoms with Crippen molar-refractivity contribution in [3.63, 3.8) is 0 Å².